The van der Waals surface area contributed by atoms with Gasteiger partial charge in [0.05, 0.1) is 25.2 Å². The number of ether oxygens (including phenoxy) is 1. The molecule has 0 aliphatic carbocycles. The molecule has 0 aromatic carbocycles. The van der Waals surface area contributed by atoms with E-state index >= 15 is 0 Å². The number of unbranched alkanes of at least 4 members (excludes halogenated alkanes) is 23. The van der Waals surface area contributed by atoms with Gasteiger partial charge in [-0.2, -0.15) is 0 Å². The van der Waals surface area contributed by atoms with Crippen molar-refractivity contribution >= 4 is 11.9 Å². The number of rotatable bonds is 45. The maximum atomic E-state index is 13.2. The van der Waals surface area contributed by atoms with E-state index in [-0.39, 0.29) is 24.9 Å². The second-order valence-electron chi connectivity index (χ2n) is 17.2. The van der Waals surface area contributed by atoms with E-state index in [0.29, 0.717) is 19.3 Å². The van der Waals surface area contributed by atoms with Gasteiger partial charge in [-0.3, -0.25) is 9.59 Å². The van der Waals surface area contributed by atoms with E-state index in [1.807, 2.05) is 0 Å². The Labute approximate surface area is 371 Å². The molecule has 0 aromatic heterocycles. The number of hydrogen-bond donors (Lipinski definition) is 3. The standard InChI is InChI=1S/C54H97NO5/c1-4-7-10-13-16-19-22-24-25-26-27-28-29-30-32-35-38-41-44-47-54(59)60-50(45-42-39-36-33-31-23-20-17-14-11-8-5-2)48-53(58)55-51(49-56)52(57)46-43-40-37-34-21-18-15-12-9-6-3/h16,19,24-25,27-28,30,32-33,36,50-52,56-57H,4-15,17-18,20-23,26,29,31,34-35,37-49H2,1-3H3,(H,55,58)/b19-16-,25-24-,28-27-,32-30-,36-33-. The largest absolute Gasteiger partial charge is 0.462 e. The van der Waals surface area contributed by atoms with Crippen LogP contribution in [0.25, 0.3) is 0 Å². The maximum Gasteiger partial charge on any atom is 0.306 e. The number of hydrogen-bond acceptors (Lipinski definition) is 5. The molecule has 1 amide bonds. The zero-order chi connectivity index (χ0) is 43.8. The number of allylic oxidation sites excluding steroid dienone is 10. The molecule has 0 rings (SSSR count). The molecule has 3 N–H and O–H groups in total. The van der Waals surface area contributed by atoms with Gasteiger partial charge in [0.25, 0.3) is 0 Å². The highest BCUT2D eigenvalue weighted by atomic mass is 16.5. The summed E-state index contributed by atoms with van der Waals surface area (Å²) in [6.07, 6.45) is 58.5. The SMILES string of the molecule is CCCCC/C=C\C/C=C\C/C=C\C/C=C\CCCCCC(=O)OC(CCC/C=C\CCCCCCCCC)CC(=O)NC(CO)C(O)CCCCCCCCCCCC. The minimum absolute atomic E-state index is 0.0427. The second-order valence-corrected chi connectivity index (χ2v) is 17.2. The first kappa shape index (κ1) is 57.6. The molecule has 0 heterocycles. The highest BCUT2D eigenvalue weighted by Gasteiger charge is 2.24. The fourth-order valence-corrected chi connectivity index (χ4v) is 7.41. The van der Waals surface area contributed by atoms with Gasteiger partial charge in [-0.25, -0.2) is 0 Å². The van der Waals surface area contributed by atoms with Crippen LogP contribution in [0.1, 0.15) is 245 Å². The summed E-state index contributed by atoms with van der Waals surface area (Å²) in [5, 5.41) is 23.7. The molecule has 6 heteroatoms. The number of amides is 1. The average Bonchev–Trinajstić information content (AvgIpc) is 3.24. The Balaban J connectivity index is 4.63. The van der Waals surface area contributed by atoms with Gasteiger partial charge in [0.1, 0.15) is 6.10 Å². The number of carbonyl (C=O) groups is 2. The minimum Gasteiger partial charge on any atom is -0.462 e. The Hall–Kier alpha value is -2.44. The van der Waals surface area contributed by atoms with E-state index in [0.717, 1.165) is 83.5 Å². The molecule has 0 aliphatic heterocycles. The van der Waals surface area contributed by atoms with Crippen LogP contribution in [0, 0.1) is 0 Å². The summed E-state index contributed by atoms with van der Waals surface area (Å²) in [7, 11) is 0. The van der Waals surface area contributed by atoms with Crippen LogP contribution < -0.4 is 5.32 Å². The summed E-state index contributed by atoms with van der Waals surface area (Å²) in [6.45, 7) is 6.42. The van der Waals surface area contributed by atoms with Gasteiger partial charge in [-0.05, 0) is 89.9 Å². The van der Waals surface area contributed by atoms with Crippen LogP contribution in [0.3, 0.4) is 0 Å². The van der Waals surface area contributed by atoms with Gasteiger partial charge < -0.3 is 20.3 Å². The molecule has 0 fully saturated rings. The molecule has 60 heavy (non-hydrogen) atoms. The number of nitrogens with one attached hydrogen (secondary N) is 1. The van der Waals surface area contributed by atoms with Crippen molar-refractivity contribution in [2.75, 3.05) is 6.61 Å². The van der Waals surface area contributed by atoms with Crippen molar-refractivity contribution in [3.63, 3.8) is 0 Å². The quantitative estimate of drug-likeness (QED) is 0.0322. The predicted molar refractivity (Wildman–Crippen MR) is 259 cm³/mol. The summed E-state index contributed by atoms with van der Waals surface area (Å²) in [5.41, 5.74) is 0. The number of aliphatic hydroxyl groups excluding tert-OH is 2. The summed E-state index contributed by atoms with van der Waals surface area (Å²) in [4.78, 5) is 26.1. The molecule has 6 nitrogen and oxygen atoms in total. The first-order chi connectivity index (χ1) is 29.5. The van der Waals surface area contributed by atoms with Gasteiger partial charge in [0, 0.05) is 6.42 Å². The van der Waals surface area contributed by atoms with E-state index in [2.05, 4.69) is 86.8 Å². The van der Waals surface area contributed by atoms with Crippen molar-refractivity contribution in [1.29, 1.82) is 0 Å². The molecule has 3 atom stereocenters. The molecular weight excluding hydrogens is 743 g/mol. The zero-order valence-electron chi connectivity index (χ0n) is 39.6. The van der Waals surface area contributed by atoms with E-state index < -0.39 is 18.2 Å². The van der Waals surface area contributed by atoms with Crippen LogP contribution in [0.15, 0.2) is 60.8 Å². The number of carbonyl (C=O) groups excluding carboxylic acids is 2. The summed E-state index contributed by atoms with van der Waals surface area (Å²) < 4.78 is 5.89. The molecule has 0 aliphatic rings. The van der Waals surface area contributed by atoms with Crippen molar-refractivity contribution < 1.29 is 24.5 Å². The van der Waals surface area contributed by atoms with Crippen LogP contribution >= 0.6 is 0 Å². The smallest absolute Gasteiger partial charge is 0.306 e. The van der Waals surface area contributed by atoms with Crippen molar-refractivity contribution in [3.05, 3.63) is 60.8 Å². The third-order valence-corrected chi connectivity index (χ3v) is 11.3. The molecule has 0 saturated carbocycles. The van der Waals surface area contributed by atoms with Crippen LogP contribution in [0.4, 0.5) is 0 Å². The Morgan fingerprint density at radius 3 is 1.37 bits per heavy atom. The van der Waals surface area contributed by atoms with Crippen LogP contribution in [0.2, 0.25) is 0 Å². The number of esters is 1. The lowest BCUT2D eigenvalue weighted by molar-refractivity contribution is -0.151. The lowest BCUT2D eigenvalue weighted by Gasteiger charge is -2.24. The third-order valence-electron chi connectivity index (χ3n) is 11.3. The molecular formula is C54H97NO5. The summed E-state index contributed by atoms with van der Waals surface area (Å²) in [5.74, 6) is -0.540. The molecule has 0 aromatic rings. The zero-order valence-corrected chi connectivity index (χ0v) is 39.6. The van der Waals surface area contributed by atoms with E-state index in [4.69, 9.17) is 4.74 Å². The fraction of sp³-hybridized carbons (Fsp3) is 0.778. The van der Waals surface area contributed by atoms with Gasteiger partial charge in [-0.1, -0.05) is 204 Å². The topological polar surface area (TPSA) is 95.9 Å². The average molecular weight is 840 g/mol. The Bertz CT molecular complexity index is 1080. The monoisotopic (exact) mass is 840 g/mol. The fourth-order valence-electron chi connectivity index (χ4n) is 7.41. The summed E-state index contributed by atoms with van der Waals surface area (Å²) in [6, 6.07) is -0.716. The first-order valence-electron chi connectivity index (χ1n) is 25.5. The molecule has 0 bridgehead atoms. The minimum atomic E-state index is -0.799. The van der Waals surface area contributed by atoms with E-state index in [9.17, 15) is 19.8 Å². The number of aliphatic hydroxyl groups is 2. The van der Waals surface area contributed by atoms with Crippen molar-refractivity contribution in [2.24, 2.45) is 0 Å². The molecule has 0 spiro atoms. The molecule has 0 radical (unpaired) electrons. The molecule has 3 unspecified atom stereocenters. The molecule has 348 valence electrons. The third kappa shape index (κ3) is 42.3. The maximum absolute atomic E-state index is 13.2. The lowest BCUT2D eigenvalue weighted by Crippen LogP contribution is -2.46. The first-order valence-corrected chi connectivity index (χ1v) is 25.5. The molecule has 0 saturated heterocycles. The van der Waals surface area contributed by atoms with Crippen molar-refractivity contribution in [3.8, 4) is 0 Å². The Morgan fingerprint density at radius 2 is 0.867 bits per heavy atom. The van der Waals surface area contributed by atoms with Gasteiger partial charge in [0.15, 0.2) is 0 Å². The highest BCUT2D eigenvalue weighted by Crippen LogP contribution is 2.16. The highest BCUT2D eigenvalue weighted by molar-refractivity contribution is 5.77. The lowest BCUT2D eigenvalue weighted by atomic mass is 10.0. The van der Waals surface area contributed by atoms with Crippen molar-refractivity contribution in [1.82, 2.24) is 5.32 Å². The van der Waals surface area contributed by atoms with Gasteiger partial charge in [-0.15, -0.1) is 0 Å². The Morgan fingerprint density at radius 1 is 0.483 bits per heavy atom. The second kappa shape index (κ2) is 47.6. The van der Waals surface area contributed by atoms with Crippen molar-refractivity contribution in [2.45, 2.75) is 264 Å². The van der Waals surface area contributed by atoms with Crippen LogP contribution in [-0.4, -0.2) is 46.9 Å². The normalized spacial score (nSPS) is 13.8. The summed E-state index contributed by atoms with van der Waals surface area (Å²) >= 11 is 0. The van der Waals surface area contributed by atoms with Gasteiger partial charge in [0.2, 0.25) is 5.91 Å². The van der Waals surface area contributed by atoms with Crippen LogP contribution in [-0.2, 0) is 14.3 Å². The predicted octanol–water partition coefficient (Wildman–Crippen LogP) is 15.2. The van der Waals surface area contributed by atoms with E-state index in [1.54, 1.807) is 0 Å². The van der Waals surface area contributed by atoms with E-state index in [1.165, 1.54) is 116 Å². The van der Waals surface area contributed by atoms with Crippen LogP contribution in [0.5, 0.6) is 0 Å². The van der Waals surface area contributed by atoms with Gasteiger partial charge >= 0.3 is 5.97 Å². The Kier molecular flexibility index (Phi) is 45.7.